The molecule has 0 amide bonds. The number of aromatic carboxylic acids is 1. The molecule has 3 heterocycles. The Morgan fingerprint density at radius 2 is 1.61 bits per heavy atom. The van der Waals surface area contributed by atoms with Crippen molar-refractivity contribution in [3.05, 3.63) is 96.7 Å². The predicted molar refractivity (Wildman–Crippen MR) is 122 cm³/mol. The van der Waals surface area contributed by atoms with E-state index in [4.69, 9.17) is 5.11 Å². The molecule has 2 aromatic carbocycles. The third kappa shape index (κ3) is 4.92. The summed E-state index contributed by atoms with van der Waals surface area (Å²) < 4.78 is 12.1. The average Bonchev–Trinajstić information content (AvgIpc) is 2.83. The normalized spacial score (nSPS) is 11.4. The van der Waals surface area contributed by atoms with E-state index in [9.17, 15) is 9.18 Å². The van der Waals surface area contributed by atoms with Gasteiger partial charge in [0.15, 0.2) is 0 Å². The van der Waals surface area contributed by atoms with E-state index in [0.29, 0.717) is 0 Å². The molecule has 1 N–H and O–H groups in total. The SMILES string of the molecule is CN1c2ccccc2N(C)c2c(-c3ccccn3)[c-]ccc21.O=C(O)c1ccc(F)cn1.[Ir]. The van der Waals surface area contributed by atoms with Crippen LogP contribution in [0.15, 0.2) is 79.1 Å². The summed E-state index contributed by atoms with van der Waals surface area (Å²) >= 11 is 0. The first kappa shape index (κ1) is 24.0. The molecule has 0 bridgehead atoms. The van der Waals surface area contributed by atoms with E-state index in [1.165, 1.54) is 17.1 Å². The fraction of sp³-hybridized carbons (Fsp3) is 0.0800. The van der Waals surface area contributed by atoms with Gasteiger partial charge >= 0.3 is 5.97 Å². The molecule has 2 aromatic heterocycles. The Bertz CT molecular complexity index is 1250. The number of aromatic nitrogens is 2. The fourth-order valence-electron chi connectivity index (χ4n) is 3.58. The van der Waals surface area contributed by atoms with Crippen LogP contribution in [0.3, 0.4) is 0 Å². The van der Waals surface area contributed by atoms with Crippen molar-refractivity contribution in [1.29, 1.82) is 0 Å². The number of carbonyl (C=O) groups is 1. The number of halogens is 1. The van der Waals surface area contributed by atoms with Crippen LogP contribution in [0.4, 0.5) is 27.1 Å². The van der Waals surface area contributed by atoms with E-state index in [1.807, 2.05) is 30.5 Å². The maximum atomic E-state index is 12.1. The molecule has 0 fully saturated rings. The zero-order valence-corrected chi connectivity index (χ0v) is 20.3. The number of para-hydroxylation sites is 2. The van der Waals surface area contributed by atoms with Crippen molar-refractivity contribution < 1.29 is 34.4 Å². The largest absolute Gasteiger partial charge is 0.477 e. The Morgan fingerprint density at radius 1 is 0.909 bits per heavy atom. The van der Waals surface area contributed by atoms with Gasteiger partial charge in [-0.25, -0.2) is 14.2 Å². The molecule has 169 valence electrons. The number of pyridine rings is 2. The van der Waals surface area contributed by atoms with Crippen molar-refractivity contribution >= 4 is 28.7 Å². The van der Waals surface area contributed by atoms with Crippen LogP contribution in [-0.2, 0) is 20.1 Å². The first-order valence-electron chi connectivity index (χ1n) is 9.85. The number of fused-ring (bicyclic) bond motifs is 2. The van der Waals surface area contributed by atoms with E-state index in [0.717, 1.165) is 35.3 Å². The van der Waals surface area contributed by atoms with Crippen LogP contribution in [0.5, 0.6) is 0 Å². The number of carboxylic acids is 1. The third-order valence-corrected chi connectivity index (χ3v) is 5.12. The van der Waals surface area contributed by atoms with Crippen LogP contribution in [-0.4, -0.2) is 35.1 Å². The minimum absolute atomic E-state index is 0. The zero-order valence-electron chi connectivity index (χ0n) is 17.9. The molecule has 1 radical (unpaired) electrons. The number of anilines is 4. The maximum Gasteiger partial charge on any atom is 0.354 e. The summed E-state index contributed by atoms with van der Waals surface area (Å²) in [6.07, 6.45) is 2.69. The molecule has 1 aliphatic heterocycles. The Hall–Kier alpha value is -3.61. The first-order chi connectivity index (χ1) is 15.5. The third-order valence-electron chi connectivity index (χ3n) is 5.12. The number of hydrogen-bond donors (Lipinski definition) is 1. The summed E-state index contributed by atoms with van der Waals surface area (Å²) in [4.78, 5) is 22.4. The summed E-state index contributed by atoms with van der Waals surface area (Å²) in [7, 11) is 4.21. The second kappa shape index (κ2) is 10.3. The van der Waals surface area contributed by atoms with Crippen LogP contribution >= 0.6 is 0 Å². The van der Waals surface area contributed by atoms with E-state index in [2.05, 4.69) is 70.3 Å². The van der Waals surface area contributed by atoms with Crippen LogP contribution in [0.1, 0.15) is 10.5 Å². The molecule has 0 unspecified atom stereocenters. The van der Waals surface area contributed by atoms with Gasteiger partial charge in [0.2, 0.25) is 0 Å². The van der Waals surface area contributed by atoms with Gasteiger partial charge in [-0.15, -0.1) is 18.2 Å². The van der Waals surface area contributed by atoms with Gasteiger partial charge in [0.25, 0.3) is 0 Å². The summed E-state index contributed by atoms with van der Waals surface area (Å²) in [6.45, 7) is 0. The molecule has 8 heteroatoms. The monoisotopic (exact) mass is 620 g/mol. The Morgan fingerprint density at radius 3 is 2.21 bits per heavy atom. The molecule has 0 saturated heterocycles. The van der Waals surface area contributed by atoms with E-state index in [-0.39, 0.29) is 25.8 Å². The minimum Gasteiger partial charge on any atom is -0.477 e. The van der Waals surface area contributed by atoms with Gasteiger partial charge in [-0.3, -0.25) is 0 Å². The van der Waals surface area contributed by atoms with E-state index in [1.54, 1.807) is 0 Å². The van der Waals surface area contributed by atoms with Crippen molar-refractivity contribution in [2.45, 2.75) is 0 Å². The molecule has 33 heavy (non-hydrogen) atoms. The second-order valence-electron chi connectivity index (χ2n) is 7.08. The van der Waals surface area contributed by atoms with Gasteiger partial charge in [0, 0.05) is 40.4 Å². The Balaban J connectivity index is 0.000000237. The van der Waals surface area contributed by atoms with Gasteiger partial charge in [0.1, 0.15) is 11.5 Å². The summed E-state index contributed by atoms with van der Waals surface area (Å²) in [5.74, 6) is -1.69. The van der Waals surface area contributed by atoms with E-state index < -0.39 is 11.8 Å². The predicted octanol–water partition coefficient (Wildman–Crippen LogP) is 5.31. The standard InChI is InChI=1S/C19H16N3.C6H4FNO2.Ir/c1-21-16-10-3-4-11-17(16)22(2)19-14(8-7-12-18(19)21)15-9-5-6-13-20-15;7-4-1-2-5(6(9)10)8-3-4;/h3-7,9-13H,1-2H3;1-3H,(H,9,10);/q-1;;. The van der Waals surface area contributed by atoms with Gasteiger partial charge in [-0.2, -0.15) is 0 Å². The molecule has 0 aliphatic carbocycles. The van der Waals surface area contributed by atoms with E-state index >= 15 is 0 Å². The molecular weight excluding hydrogens is 600 g/mol. The Kier molecular flexibility index (Phi) is 7.53. The second-order valence-corrected chi connectivity index (χ2v) is 7.08. The molecule has 5 rings (SSSR count). The van der Waals surface area contributed by atoms with Gasteiger partial charge in [-0.05, 0) is 47.4 Å². The molecule has 6 nitrogen and oxygen atoms in total. The summed E-state index contributed by atoms with van der Waals surface area (Å²) in [5, 5.41) is 8.29. The van der Waals surface area contributed by atoms with Crippen molar-refractivity contribution in [3.8, 4) is 11.3 Å². The maximum absolute atomic E-state index is 12.1. The fourth-order valence-corrected chi connectivity index (χ4v) is 3.58. The quantitative estimate of drug-likeness (QED) is 0.307. The summed E-state index contributed by atoms with van der Waals surface area (Å²) in [6, 6.07) is 24.0. The van der Waals surface area contributed by atoms with Gasteiger partial charge < -0.3 is 19.9 Å². The zero-order chi connectivity index (χ0) is 22.7. The van der Waals surface area contributed by atoms with Gasteiger partial charge in [-0.1, -0.05) is 29.8 Å². The number of nitrogens with zero attached hydrogens (tertiary/aromatic N) is 4. The Labute approximate surface area is 204 Å². The van der Waals surface area contributed by atoms with Crippen LogP contribution in [0.25, 0.3) is 11.3 Å². The van der Waals surface area contributed by atoms with Crippen molar-refractivity contribution in [2.24, 2.45) is 0 Å². The number of rotatable bonds is 2. The molecular formula is C25H20FIrN4O2-. The minimum atomic E-state index is -1.15. The van der Waals surface area contributed by atoms with Gasteiger partial charge in [0.05, 0.1) is 17.6 Å². The first-order valence-corrected chi connectivity index (χ1v) is 9.85. The van der Waals surface area contributed by atoms with Crippen LogP contribution in [0.2, 0.25) is 0 Å². The van der Waals surface area contributed by atoms with Crippen molar-refractivity contribution in [3.63, 3.8) is 0 Å². The smallest absolute Gasteiger partial charge is 0.354 e. The number of benzene rings is 2. The van der Waals surface area contributed by atoms with Crippen molar-refractivity contribution in [1.82, 2.24) is 9.97 Å². The number of carboxylic acid groups (broad SMARTS) is 1. The molecule has 1 aliphatic rings. The molecule has 0 atom stereocenters. The molecule has 0 spiro atoms. The number of hydrogen-bond acceptors (Lipinski definition) is 5. The average molecular weight is 620 g/mol. The molecule has 0 saturated carbocycles. The topological polar surface area (TPSA) is 69.6 Å². The molecule has 4 aromatic rings. The van der Waals surface area contributed by atoms with Crippen molar-refractivity contribution in [2.75, 3.05) is 23.9 Å². The van der Waals surface area contributed by atoms with Crippen LogP contribution < -0.4 is 9.80 Å². The summed E-state index contributed by atoms with van der Waals surface area (Å²) in [5.41, 5.74) is 6.52. The van der Waals surface area contributed by atoms with Crippen LogP contribution in [0, 0.1) is 11.9 Å².